The highest BCUT2D eigenvalue weighted by molar-refractivity contribution is 6.08. The number of fused-ring (bicyclic) bond motifs is 8. The molecule has 1 fully saturated rings. The van der Waals surface area contributed by atoms with Crippen LogP contribution in [0.4, 0.5) is 11.4 Å². The van der Waals surface area contributed by atoms with E-state index in [9.17, 15) is 9.59 Å². The molecule has 2 amide bonds. The van der Waals surface area contributed by atoms with Crippen LogP contribution in [0, 0.1) is 11.8 Å². The number of nitrogens with zero attached hydrogens (tertiary/aromatic N) is 2. The van der Waals surface area contributed by atoms with Crippen LogP contribution in [0.3, 0.4) is 0 Å². The lowest BCUT2D eigenvalue weighted by atomic mass is 9.49. The molecule has 5 rings (SSSR count). The quantitative estimate of drug-likeness (QED) is 0.749. The van der Waals surface area contributed by atoms with Crippen molar-refractivity contribution in [1.82, 2.24) is 0 Å². The number of hydrogen-bond acceptors (Lipinski definition) is 2. The Hall–Kier alpha value is -2.62. The third kappa shape index (κ3) is 1.44. The minimum Gasteiger partial charge on any atom is -0.315 e. The zero-order valence-electron chi connectivity index (χ0n) is 13.6. The van der Waals surface area contributed by atoms with Crippen LogP contribution in [0.2, 0.25) is 0 Å². The van der Waals surface area contributed by atoms with Gasteiger partial charge in [0.25, 0.3) is 0 Å². The molecule has 0 radical (unpaired) electrons. The number of rotatable bonds is 0. The molecule has 4 atom stereocenters. The van der Waals surface area contributed by atoms with E-state index in [0.29, 0.717) is 0 Å². The predicted octanol–water partition coefficient (Wildman–Crippen LogP) is 2.75. The van der Waals surface area contributed by atoms with Gasteiger partial charge in [-0.1, -0.05) is 36.4 Å². The first kappa shape index (κ1) is 13.8. The molecule has 0 N–H and O–H groups in total. The molecule has 0 saturated heterocycles. The second-order valence-corrected chi connectivity index (χ2v) is 7.02. The molecule has 3 aliphatic rings. The first-order chi connectivity index (χ1) is 11.6. The Morgan fingerprint density at radius 3 is 1.42 bits per heavy atom. The van der Waals surface area contributed by atoms with E-state index in [4.69, 9.17) is 0 Å². The first-order valence-corrected chi connectivity index (χ1v) is 8.34. The van der Waals surface area contributed by atoms with Gasteiger partial charge in [0.05, 0.1) is 11.8 Å². The SMILES string of the molecule is CN1C(=O)[C@H]2[C@@H]3C(=O)N(C)c4ccccc4[C@@H]3[C@H]2c2ccccc21. The second-order valence-electron chi connectivity index (χ2n) is 7.02. The fourth-order valence-corrected chi connectivity index (χ4v) is 4.97. The molecule has 2 aromatic carbocycles. The van der Waals surface area contributed by atoms with Crippen molar-refractivity contribution >= 4 is 23.2 Å². The Morgan fingerprint density at radius 2 is 1.00 bits per heavy atom. The average Bonchev–Trinajstić information content (AvgIpc) is 2.58. The zero-order valence-corrected chi connectivity index (χ0v) is 13.6. The van der Waals surface area contributed by atoms with E-state index in [1.807, 2.05) is 50.5 Å². The van der Waals surface area contributed by atoms with Crippen LogP contribution >= 0.6 is 0 Å². The highest BCUT2D eigenvalue weighted by Gasteiger charge is 2.63. The summed E-state index contributed by atoms with van der Waals surface area (Å²) < 4.78 is 0. The van der Waals surface area contributed by atoms with Gasteiger partial charge in [-0.2, -0.15) is 0 Å². The van der Waals surface area contributed by atoms with Gasteiger partial charge in [-0.15, -0.1) is 0 Å². The summed E-state index contributed by atoms with van der Waals surface area (Å²) in [6.45, 7) is 0. The van der Waals surface area contributed by atoms with E-state index in [2.05, 4.69) is 12.1 Å². The molecule has 2 heterocycles. The van der Waals surface area contributed by atoms with Crippen molar-refractivity contribution in [2.45, 2.75) is 11.8 Å². The van der Waals surface area contributed by atoms with Crippen LogP contribution in [0.25, 0.3) is 0 Å². The summed E-state index contributed by atoms with van der Waals surface area (Å²) in [6.07, 6.45) is 0. The summed E-state index contributed by atoms with van der Waals surface area (Å²) in [7, 11) is 3.63. The molecule has 2 aliphatic heterocycles. The normalized spacial score (nSPS) is 30.1. The maximum atomic E-state index is 12.9. The number of carbonyl (C=O) groups is 2. The van der Waals surface area contributed by atoms with E-state index >= 15 is 0 Å². The first-order valence-electron chi connectivity index (χ1n) is 8.34. The molecule has 0 unspecified atom stereocenters. The minimum absolute atomic E-state index is 0.0704. The Morgan fingerprint density at radius 1 is 0.625 bits per heavy atom. The Labute approximate surface area is 140 Å². The van der Waals surface area contributed by atoms with Gasteiger partial charge in [-0.3, -0.25) is 9.59 Å². The third-order valence-electron chi connectivity index (χ3n) is 6.09. The molecule has 0 aromatic heterocycles. The molecule has 2 aromatic rings. The number of amides is 2. The molecule has 0 bridgehead atoms. The third-order valence-corrected chi connectivity index (χ3v) is 6.09. The number of benzene rings is 2. The van der Waals surface area contributed by atoms with E-state index in [1.165, 1.54) is 11.1 Å². The van der Waals surface area contributed by atoms with E-state index < -0.39 is 0 Å². The number of anilines is 2. The van der Waals surface area contributed by atoms with Gasteiger partial charge in [0, 0.05) is 37.3 Å². The summed E-state index contributed by atoms with van der Waals surface area (Å²) in [6, 6.07) is 16.2. The van der Waals surface area contributed by atoms with Gasteiger partial charge in [0.2, 0.25) is 11.8 Å². The summed E-state index contributed by atoms with van der Waals surface area (Å²) in [5.74, 6) is -0.124. The van der Waals surface area contributed by atoms with E-state index in [1.54, 1.807) is 9.80 Å². The summed E-state index contributed by atoms with van der Waals surface area (Å²) >= 11 is 0. The molecule has 120 valence electrons. The van der Waals surface area contributed by atoms with Gasteiger partial charge in [0.1, 0.15) is 0 Å². The van der Waals surface area contributed by atoms with E-state index in [0.717, 1.165) is 11.4 Å². The Balaban J connectivity index is 1.73. The molecular weight excluding hydrogens is 300 g/mol. The number of hydrogen-bond donors (Lipinski definition) is 0. The minimum atomic E-state index is -0.238. The molecule has 4 heteroatoms. The summed E-state index contributed by atoms with van der Waals surface area (Å²) in [4.78, 5) is 29.3. The lowest BCUT2D eigenvalue weighted by molar-refractivity contribution is -0.142. The van der Waals surface area contributed by atoms with Crippen molar-refractivity contribution < 1.29 is 9.59 Å². The zero-order chi connectivity index (χ0) is 16.6. The molecular formula is C20H18N2O2. The number of carbonyl (C=O) groups excluding carboxylic acids is 2. The maximum Gasteiger partial charge on any atom is 0.231 e. The van der Waals surface area contributed by atoms with Crippen LogP contribution in [0.1, 0.15) is 23.0 Å². The smallest absolute Gasteiger partial charge is 0.231 e. The summed E-state index contributed by atoms with van der Waals surface area (Å²) in [5, 5.41) is 0. The van der Waals surface area contributed by atoms with Crippen LogP contribution in [-0.2, 0) is 9.59 Å². The van der Waals surface area contributed by atoms with Crippen molar-refractivity contribution in [1.29, 1.82) is 0 Å². The molecule has 1 aliphatic carbocycles. The standard InChI is InChI=1S/C20H18N2O2/c1-21-13-9-5-3-7-11(13)15-16-12-8-4-6-10-14(12)22(2)20(24)18(16)17(15)19(21)23/h3-10,15-18H,1-2H3/t15-,16-,17-,18-/m1/s1. The van der Waals surface area contributed by atoms with Gasteiger partial charge in [-0.05, 0) is 23.3 Å². The molecule has 4 nitrogen and oxygen atoms in total. The average molecular weight is 318 g/mol. The van der Waals surface area contributed by atoms with Crippen molar-refractivity contribution in [3.63, 3.8) is 0 Å². The van der Waals surface area contributed by atoms with Crippen molar-refractivity contribution in [3.05, 3.63) is 59.7 Å². The summed E-state index contributed by atoms with van der Waals surface area (Å²) in [5.41, 5.74) is 4.34. The van der Waals surface area contributed by atoms with Crippen LogP contribution in [0.5, 0.6) is 0 Å². The van der Waals surface area contributed by atoms with Gasteiger partial charge >= 0.3 is 0 Å². The highest BCUT2D eigenvalue weighted by Crippen LogP contribution is 2.65. The van der Waals surface area contributed by atoms with Gasteiger partial charge < -0.3 is 9.80 Å². The van der Waals surface area contributed by atoms with Crippen LogP contribution in [0.15, 0.2) is 48.5 Å². The fraction of sp³-hybridized carbons (Fsp3) is 0.300. The monoisotopic (exact) mass is 318 g/mol. The van der Waals surface area contributed by atoms with Crippen molar-refractivity contribution in [2.75, 3.05) is 23.9 Å². The Kier molecular flexibility index (Phi) is 2.57. The topological polar surface area (TPSA) is 40.6 Å². The lowest BCUT2D eigenvalue weighted by Crippen LogP contribution is -2.61. The number of para-hydroxylation sites is 2. The van der Waals surface area contributed by atoms with Crippen LogP contribution < -0.4 is 9.80 Å². The largest absolute Gasteiger partial charge is 0.315 e. The van der Waals surface area contributed by atoms with Crippen molar-refractivity contribution in [3.8, 4) is 0 Å². The maximum absolute atomic E-state index is 12.9. The molecule has 1 saturated carbocycles. The van der Waals surface area contributed by atoms with E-state index in [-0.39, 0.29) is 35.5 Å². The van der Waals surface area contributed by atoms with Gasteiger partial charge in [0.15, 0.2) is 0 Å². The molecule has 24 heavy (non-hydrogen) atoms. The Bertz CT molecular complexity index is 817. The molecule has 0 spiro atoms. The second kappa shape index (κ2) is 4.47. The van der Waals surface area contributed by atoms with Crippen molar-refractivity contribution in [2.24, 2.45) is 11.8 Å². The lowest BCUT2D eigenvalue weighted by Gasteiger charge is -2.58. The highest BCUT2D eigenvalue weighted by atomic mass is 16.2. The van der Waals surface area contributed by atoms with Gasteiger partial charge in [-0.25, -0.2) is 0 Å². The predicted molar refractivity (Wildman–Crippen MR) is 92.2 cm³/mol. The fourth-order valence-electron chi connectivity index (χ4n) is 4.97. The van der Waals surface area contributed by atoms with Crippen LogP contribution in [-0.4, -0.2) is 25.9 Å².